The summed E-state index contributed by atoms with van der Waals surface area (Å²) >= 11 is 4.86. The van der Waals surface area contributed by atoms with Crippen molar-refractivity contribution in [2.75, 3.05) is 16.8 Å². The summed E-state index contributed by atoms with van der Waals surface area (Å²) in [5, 5.41) is 3.65. The van der Waals surface area contributed by atoms with E-state index in [0.717, 1.165) is 33.6 Å². The normalized spacial score (nSPS) is 14.1. The number of anilines is 2. The first-order chi connectivity index (χ1) is 12.2. The second kappa shape index (κ2) is 7.16. The molecule has 2 heterocycles. The minimum atomic E-state index is -0.471. The van der Waals surface area contributed by atoms with Gasteiger partial charge >= 0.3 is 0 Å². The van der Waals surface area contributed by atoms with Crippen LogP contribution in [-0.4, -0.2) is 18.4 Å². The monoisotopic (exact) mass is 434 g/mol. The number of nitrogens with one attached hydrogen (secondary N) is 1. The molecule has 0 aliphatic carbocycles. The molecule has 0 unspecified atom stereocenters. The summed E-state index contributed by atoms with van der Waals surface area (Å²) in [5.41, 5.74) is 2.60. The van der Waals surface area contributed by atoms with Gasteiger partial charge in [0.05, 0.1) is 9.88 Å². The first kappa shape index (κ1) is 19.1. The van der Waals surface area contributed by atoms with E-state index in [9.17, 15) is 9.59 Å². The van der Waals surface area contributed by atoms with Crippen LogP contribution < -0.4 is 10.2 Å². The predicted octanol–water partition coefficient (Wildman–Crippen LogP) is 5.40. The molecule has 26 heavy (non-hydrogen) atoms. The number of carbonyl (C=O) groups excluding carboxylic acids is 2. The van der Waals surface area contributed by atoms with E-state index >= 15 is 0 Å². The number of hydrogen-bond acceptors (Lipinski definition) is 3. The van der Waals surface area contributed by atoms with Gasteiger partial charge in [-0.1, -0.05) is 36.7 Å². The topological polar surface area (TPSA) is 49.4 Å². The summed E-state index contributed by atoms with van der Waals surface area (Å²) in [7, 11) is 0. The number of nitrogens with zero attached hydrogens (tertiary/aromatic N) is 1. The Kier molecular flexibility index (Phi) is 5.26. The lowest BCUT2D eigenvalue weighted by molar-refractivity contribution is -0.123. The molecule has 138 valence electrons. The van der Waals surface area contributed by atoms with Gasteiger partial charge in [-0.15, -0.1) is 11.3 Å². The zero-order valence-corrected chi connectivity index (χ0v) is 17.9. The Hall–Kier alpha value is -1.66. The van der Waals surface area contributed by atoms with Crippen molar-refractivity contribution in [1.29, 1.82) is 0 Å². The molecule has 2 amide bonds. The van der Waals surface area contributed by atoms with E-state index in [1.54, 1.807) is 0 Å². The summed E-state index contributed by atoms with van der Waals surface area (Å²) in [6.07, 6.45) is 1.93. The predicted molar refractivity (Wildman–Crippen MR) is 111 cm³/mol. The molecule has 0 bridgehead atoms. The fourth-order valence-corrected chi connectivity index (χ4v) is 4.38. The molecule has 0 atom stereocenters. The van der Waals surface area contributed by atoms with Gasteiger partial charge in [0.15, 0.2) is 0 Å². The van der Waals surface area contributed by atoms with Crippen molar-refractivity contribution in [3.05, 3.63) is 44.7 Å². The van der Waals surface area contributed by atoms with Crippen molar-refractivity contribution in [3.8, 4) is 0 Å². The Bertz CT molecular complexity index is 867. The van der Waals surface area contributed by atoms with E-state index in [4.69, 9.17) is 0 Å². The molecule has 1 aromatic heterocycles. The maximum atomic E-state index is 13.2. The number of fused-ring (bicyclic) bond motifs is 1. The highest BCUT2D eigenvalue weighted by molar-refractivity contribution is 9.10. The van der Waals surface area contributed by atoms with Crippen LogP contribution in [0.25, 0.3) is 0 Å². The summed E-state index contributed by atoms with van der Waals surface area (Å²) < 4.78 is 1.03. The Morgan fingerprint density at radius 1 is 1.23 bits per heavy atom. The molecule has 6 heteroatoms. The second-order valence-electron chi connectivity index (χ2n) is 7.66. The van der Waals surface area contributed by atoms with Crippen LogP contribution in [0.2, 0.25) is 0 Å². The lowest BCUT2D eigenvalue weighted by atomic mass is 9.96. The minimum absolute atomic E-state index is 0.00651. The second-order valence-corrected chi connectivity index (χ2v) is 9.63. The SMILES string of the molecule is Cc1cc(NC(=O)C(C)(C)C)sc1C(=O)N1CCCc2cc(Br)ccc21. The summed E-state index contributed by atoms with van der Waals surface area (Å²) in [6, 6.07) is 7.95. The number of carbonyl (C=O) groups is 2. The first-order valence-corrected chi connectivity index (χ1v) is 10.3. The van der Waals surface area contributed by atoms with Crippen LogP contribution in [0.5, 0.6) is 0 Å². The van der Waals surface area contributed by atoms with Crippen LogP contribution in [0.3, 0.4) is 0 Å². The molecule has 2 aromatic rings. The van der Waals surface area contributed by atoms with Gasteiger partial charge in [0, 0.05) is 22.1 Å². The van der Waals surface area contributed by atoms with Gasteiger partial charge in [0.25, 0.3) is 5.91 Å². The molecular weight excluding hydrogens is 412 g/mol. The Balaban J connectivity index is 1.87. The van der Waals surface area contributed by atoms with Gasteiger partial charge in [-0.3, -0.25) is 9.59 Å². The van der Waals surface area contributed by atoms with E-state index in [0.29, 0.717) is 11.4 Å². The van der Waals surface area contributed by atoms with Crippen molar-refractivity contribution < 1.29 is 9.59 Å². The molecule has 0 fully saturated rings. The molecule has 0 radical (unpaired) electrons. The smallest absolute Gasteiger partial charge is 0.268 e. The zero-order chi connectivity index (χ0) is 19.1. The largest absolute Gasteiger partial charge is 0.317 e. The molecule has 3 rings (SSSR count). The average Bonchev–Trinajstić information content (AvgIpc) is 2.92. The number of thiophene rings is 1. The van der Waals surface area contributed by atoms with Crippen LogP contribution >= 0.6 is 27.3 Å². The van der Waals surface area contributed by atoms with Crippen molar-refractivity contribution in [2.45, 2.75) is 40.5 Å². The highest BCUT2D eigenvalue weighted by atomic mass is 79.9. The Morgan fingerprint density at radius 2 is 1.96 bits per heavy atom. The molecule has 1 aromatic carbocycles. The van der Waals surface area contributed by atoms with Gasteiger partial charge < -0.3 is 10.2 Å². The maximum absolute atomic E-state index is 13.2. The third-order valence-electron chi connectivity index (χ3n) is 4.44. The summed E-state index contributed by atoms with van der Waals surface area (Å²) in [4.78, 5) is 27.9. The van der Waals surface area contributed by atoms with Gasteiger partial charge in [-0.25, -0.2) is 0 Å². The van der Waals surface area contributed by atoms with Crippen molar-refractivity contribution in [2.24, 2.45) is 5.41 Å². The fourth-order valence-electron chi connectivity index (χ4n) is 2.95. The maximum Gasteiger partial charge on any atom is 0.268 e. The number of benzene rings is 1. The van der Waals surface area contributed by atoms with Crippen LogP contribution in [0, 0.1) is 12.3 Å². The molecule has 1 N–H and O–H groups in total. The number of amides is 2. The summed E-state index contributed by atoms with van der Waals surface area (Å²) in [6.45, 7) is 8.25. The van der Waals surface area contributed by atoms with E-state index < -0.39 is 5.41 Å². The Morgan fingerprint density at radius 3 is 2.65 bits per heavy atom. The summed E-state index contributed by atoms with van der Waals surface area (Å²) in [5.74, 6) is -0.0436. The highest BCUT2D eigenvalue weighted by Gasteiger charge is 2.27. The van der Waals surface area contributed by atoms with Crippen molar-refractivity contribution >= 4 is 49.8 Å². The lowest BCUT2D eigenvalue weighted by Gasteiger charge is -2.29. The van der Waals surface area contributed by atoms with Crippen LogP contribution in [0.1, 0.15) is 48.0 Å². The van der Waals surface area contributed by atoms with E-state index in [-0.39, 0.29) is 11.8 Å². The molecule has 4 nitrogen and oxygen atoms in total. The first-order valence-electron chi connectivity index (χ1n) is 8.69. The molecular formula is C20H23BrN2O2S. The minimum Gasteiger partial charge on any atom is -0.317 e. The van der Waals surface area contributed by atoms with Gasteiger partial charge in [-0.05, 0) is 55.2 Å². The van der Waals surface area contributed by atoms with Crippen LogP contribution in [-0.2, 0) is 11.2 Å². The van der Waals surface area contributed by atoms with Crippen LogP contribution in [0.15, 0.2) is 28.7 Å². The van der Waals surface area contributed by atoms with Crippen LogP contribution in [0.4, 0.5) is 10.7 Å². The third kappa shape index (κ3) is 3.86. The van der Waals surface area contributed by atoms with E-state index in [2.05, 4.69) is 27.3 Å². The molecule has 0 spiro atoms. The van der Waals surface area contributed by atoms with Gasteiger partial charge in [0.2, 0.25) is 5.91 Å². The molecule has 1 aliphatic rings. The average molecular weight is 435 g/mol. The highest BCUT2D eigenvalue weighted by Crippen LogP contribution is 2.34. The standard InChI is InChI=1S/C20H23BrN2O2S/c1-12-10-16(22-19(25)20(2,3)4)26-17(12)18(24)23-9-5-6-13-11-14(21)7-8-15(13)23/h7-8,10-11H,5-6,9H2,1-4H3,(H,22,25). The van der Waals surface area contributed by atoms with E-state index in [1.807, 2.05) is 50.8 Å². The number of halogens is 1. The quantitative estimate of drug-likeness (QED) is 0.687. The number of rotatable bonds is 2. The molecule has 1 aliphatic heterocycles. The Labute approximate surface area is 166 Å². The lowest BCUT2D eigenvalue weighted by Crippen LogP contribution is -2.35. The van der Waals surface area contributed by atoms with Gasteiger partial charge in [-0.2, -0.15) is 0 Å². The molecule has 0 saturated heterocycles. The van der Waals surface area contributed by atoms with Crippen molar-refractivity contribution in [3.63, 3.8) is 0 Å². The fraction of sp³-hybridized carbons (Fsp3) is 0.400. The number of hydrogen-bond donors (Lipinski definition) is 1. The number of aryl methyl sites for hydroxylation is 2. The van der Waals surface area contributed by atoms with E-state index in [1.165, 1.54) is 16.9 Å². The zero-order valence-electron chi connectivity index (χ0n) is 15.5. The van der Waals surface area contributed by atoms with Gasteiger partial charge in [0.1, 0.15) is 0 Å². The molecule has 0 saturated carbocycles. The third-order valence-corrected chi connectivity index (χ3v) is 6.07. The van der Waals surface area contributed by atoms with Crippen molar-refractivity contribution in [1.82, 2.24) is 0 Å².